The lowest BCUT2D eigenvalue weighted by atomic mass is 10.2. The lowest BCUT2D eigenvalue weighted by molar-refractivity contribution is -0.117. The van der Waals surface area contributed by atoms with Crippen LogP contribution in [0.4, 0.5) is 0 Å². The van der Waals surface area contributed by atoms with Gasteiger partial charge in [-0.05, 0) is 18.6 Å². The van der Waals surface area contributed by atoms with Crippen LogP contribution in [-0.2, 0) is 14.9 Å². The Morgan fingerprint density at radius 1 is 1.38 bits per heavy atom. The third kappa shape index (κ3) is 9.29. The fourth-order valence-electron chi connectivity index (χ4n) is 1.28. The third-order valence-electron chi connectivity index (χ3n) is 2.29. The Labute approximate surface area is 129 Å². The van der Waals surface area contributed by atoms with Gasteiger partial charge in [-0.15, -0.1) is 0 Å². The summed E-state index contributed by atoms with van der Waals surface area (Å²) in [4.78, 5) is 9.86. The van der Waals surface area contributed by atoms with Gasteiger partial charge in [0, 0.05) is 31.3 Å². The summed E-state index contributed by atoms with van der Waals surface area (Å²) >= 11 is 3.97. The minimum atomic E-state index is -4.22. The van der Waals surface area contributed by atoms with E-state index in [-0.39, 0.29) is 16.6 Å². The van der Waals surface area contributed by atoms with Gasteiger partial charge in [-0.3, -0.25) is 9.35 Å². The maximum atomic E-state index is 10.7. The van der Waals surface area contributed by atoms with Gasteiger partial charge in [0.1, 0.15) is 10.6 Å². The van der Waals surface area contributed by atoms with Crippen molar-refractivity contribution >= 4 is 28.7 Å². The van der Waals surface area contributed by atoms with Gasteiger partial charge in [0.2, 0.25) is 5.91 Å². The largest absolute Gasteiger partial charge is 0.508 e. The predicted octanol–water partition coefficient (Wildman–Crippen LogP) is 0.329. The van der Waals surface area contributed by atoms with Crippen LogP contribution in [0.3, 0.4) is 0 Å². The first kappa shape index (κ1) is 19.7. The van der Waals surface area contributed by atoms with Crippen molar-refractivity contribution in [1.29, 1.82) is 0 Å². The zero-order valence-electron chi connectivity index (χ0n) is 11.6. The van der Waals surface area contributed by atoms with Crippen LogP contribution < -0.4 is 11.1 Å². The molecular formula is C12H20N2O5S2. The molecule has 1 aromatic carbocycles. The number of nitrogens with one attached hydrogen (secondary N) is 1. The van der Waals surface area contributed by atoms with Crippen molar-refractivity contribution < 1.29 is 22.9 Å². The van der Waals surface area contributed by atoms with Gasteiger partial charge in [0.05, 0.1) is 0 Å². The van der Waals surface area contributed by atoms with Gasteiger partial charge >= 0.3 is 0 Å². The SMILES string of the molecule is Cc1ccc(O)cc1S(=O)(=O)O.NC(=O)CCNCCS. The molecule has 0 spiro atoms. The summed E-state index contributed by atoms with van der Waals surface area (Å²) in [5, 5.41) is 11.9. The van der Waals surface area contributed by atoms with Crippen LogP contribution in [-0.4, -0.2) is 42.8 Å². The Morgan fingerprint density at radius 3 is 2.43 bits per heavy atom. The zero-order chi connectivity index (χ0) is 16.5. The van der Waals surface area contributed by atoms with Crippen LogP contribution in [0.25, 0.3) is 0 Å². The smallest absolute Gasteiger partial charge is 0.294 e. The van der Waals surface area contributed by atoms with Crippen molar-refractivity contribution in [3.05, 3.63) is 23.8 Å². The van der Waals surface area contributed by atoms with Crippen molar-refractivity contribution in [3.63, 3.8) is 0 Å². The number of carbonyl (C=O) groups excluding carboxylic acids is 1. The number of amides is 1. The molecule has 0 unspecified atom stereocenters. The number of hydrogen-bond donors (Lipinski definition) is 5. The Morgan fingerprint density at radius 2 is 2.00 bits per heavy atom. The van der Waals surface area contributed by atoms with E-state index in [1.54, 1.807) is 0 Å². The van der Waals surface area contributed by atoms with Crippen LogP contribution in [0.2, 0.25) is 0 Å². The minimum absolute atomic E-state index is 0.187. The first-order valence-corrected chi connectivity index (χ1v) is 8.12. The monoisotopic (exact) mass is 336 g/mol. The van der Waals surface area contributed by atoms with Gasteiger partial charge in [-0.1, -0.05) is 6.07 Å². The van der Waals surface area contributed by atoms with Gasteiger partial charge in [-0.25, -0.2) is 0 Å². The first-order valence-electron chi connectivity index (χ1n) is 6.05. The minimum Gasteiger partial charge on any atom is -0.508 e. The quantitative estimate of drug-likeness (QED) is 0.289. The molecule has 0 aromatic heterocycles. The number of rotatable bonds is 6. The number of phenols is 1. The fraction of sp³-hybridized carbons (Fsp3) is 0.417. The van der Waals surface area contributed by atoms with Crippen LogP contribution in [0.15, 0.2) is 23.1 Å². The van der Waals surface area contributed by atoms with E-state index >= 15 is 0 Å². The van der Waals surface area contributed by atoms with E-state index in [0.717, 1.165) is 18.4 Å². The summed E-state index contributed by atoms with van der Waals surface area (Å²) in [6.45, 7) is 3.02. The Balaban J connectivity index is 0.000000400. The average Bonchev–Trinajstić information content (AvgIpc) is 2.37. The molecule has 1 rings (SSSR count). The predicted molar refractivity (Wildman–Crippen MR) is 83.2 cm³/mol. The van der Waals surface area contributed by atoms with Crippen LogP contribution in [0.5, 0.6) is 5.75 Å². The molecule has 7 nitrogen and oxygen atoms in total. The Hall–Kier alpha value is -1.29. The summed E-state index contributed by atoms with van der Waals surface area (Å²) in [5.74, 6) is 0.341. The van der Waals surface area contributed by atoms with E-state index in [2.05, 4.69) is 17.9 Å². The third-order valence-corrected chi connectivity index (χ3v) is 3.51. The maximum Gasteiger partial charge on any atom is 0.294 e. The van der Waals surface area contributed by atoms with Gasteiger partial charge < -0.3 is 16.2 Å². The molecule has 0 fully saturated rings. The summed E-state index contributed by atoms with van der Waals surface area (Å²) in [6, 6.07) is 3.77. The molecule has 21 heavy (non-hydrogen) atoms. The first-order chi connectivity index (χ1) is 9.68. The number of hydrogen-bond acceptors (Lipinski definition) is 6. The molecule has 0 radical (unpaired) electrons. The van der Waals surface area contributed by atoms with E-state index in [1.165, 1.54) is 19.1 Å². The molecule has 1 aromatic rings. The molecule has 120 valence electrons. The van der Waals surface area contributed by atoms with Crippen molar-refractivity contribution in [3.8, 4) is 5.75 Å². The fourth-order valence-corrected chi connectivity index (χ4v) is 2.19. The molecule has 5 N–H and O–H groups in total. The number of thiol groups is 1. The van der Waals surface area contributed by atoms with Crippen molar-refractivity contribution in [2.45, 2.75) is 18.2 Å². The normalized spacial score (nSPS) is 10.6. The molecule has 9 heteroatoms. The van der Waals surface area contributed by atoms with Gasteiger partial charge in [0.15, 0.2) is 0 Å². The van der Waals surface area contributed by atoms with Crippen molar-refractivity contribution in [2.24, 2.45) is 5.73 Å². The Bertz CT molecular complexity index is 561. The molecule has 0 aliphatic rings. The molecule has 0 bridgehead atoms. The second-order valence-electron chi connectivity index (χ2n) is 4.11. The number of carbonyl (C=O) groups is 1. The van der Waals surface area contributed by atoms with Gasteiger partial charge in [-0.2, -0.15) is 21.0 Å². The maximum absolute atomic E-state index is 10.7. The average molecular weight is 336 g/mol. The number of nitrogens with two attached hydrogens (primary N) is 1. The summed E-state index contributed by atoms with van der Waals surface area (Å²) in [6.07, 6.45) is 0.410. The van der Waals surface area contributed by atoms with Crippen molar-refractivity contribution in [1.82, 2.24) is 5.32 Å². The van der Waals surface area contributed by atoms with Crippen LogP contribution in [0.1, 0.15) is 12.0 Å². The highest BCUT2D eigenvalue weighted by Gasteiger charge is 2.12. The molecule has 0 aliphatic carbocycles. The lowest BCUT2D eigenvalue weighted by Gasteiger charge is -2.01. The van der Waals surface area contributed by atoms with E-state index in [0.29, 0.717) is 18.5 Å². The van der Waals surface area contributed by atoms with E-state index in [4.69, 9.17) is 15.4 Å². The van der Waals surface area contributed by atoms with E-state index in [1.807, 2.05) is 0 Å². The summed E-state index contributed by atoms with van der Waals surface area (Å²) in [7, 11) is -4.22. The van der Waals surface area contributed by atoms with Crippen LogP contribution in [0, 0.1) is 6.92 Å². The summed E-state index contributed by atoms with van der Waals surface area (Å²) < 4.78 is 30.0. The molecule has 0 aliphatic heterocycles. The van der Waals surface area contributed by atoms with Gasteiger partial charge in [0.25, 0.3) is 10.1 Å². The number of phenolic OH excluding ortho intramolecular Hbond substituents is 1. The molecule has 0 heterocycles. The number of aryl methyl sites for hydroxylation is 1. The highest BCUT2D eigenvalue weighted by Crippen LogP contribution is 2.19. The highest BCUT2D eigenvalue weighted by atomic mass is 32.2. The topological polar surface area (TPSA) is 130 Å². The van der Waals surface area contributed by atoms with E-state index in [9.17, 15) is 13.2 Å². The molecule has 0 saturated carbocycles. The molecule has 0 saturated heterocycles. The second kappa shape index (κ2) is 9.61. The lowest BCUT2D eigenvalue weighted by Crippen LogP contribution is -2.23. The number of benzene rings is 1. The van der Waals surface area contributed by atoms with Crippen LogP contribution >= 0.6 is 12.6 Å². The molecule has 1 amide bonds. The van der Waals surface area contributed by atoms with E-state index < -0.39 is 10.1 Å². The number of primary amides is 1. The molecule has 0 atom stereocenters. The standard InChI is InChI=1S/C7H8O4S.C5H12N2OS/c1-5-2-3-6(8)4-7(5)12(9,10)11;6-5(8)1-2-7-3-4-9/h2-4,8H,1H3,(H,9,10,11);7,9H,1-4H2,(H2,6,8). The zero-order valence-corrected chi connectivity index (χ0v) is 13.3. The summed E-state index contributed by atoms with van der Waals surface area (Å²) in [5.41, 5.74) is 5.28. The second-order valence-corrected chi connectivity index (χ2v) is 5.95. The highest BCUT2D eigenvalue weighted by molar-refractivity contribution is 7.85. The Kier molecular flexibility index (Phi) is 9.02. The van der Waals surface area contributed by atoms with Crippen molar-refractivity contribution in [2.75, 3.05) is 18.8 Å². The number of aromatic hydroxyl groups is 1. The molecular weight excluding hydrogens is 316 g/mol.